The summed E-state index contributed by atoms with van der Waals surface area (Å²) in [6.07, 6.45) is 1.68. The Bertz CT molecular complexity index is 990. The van der Waals surface area contributed by atoms with Crippen LogP contribution in [0.4, 0.5) is 0 Å². The first kappa shape index (κ1) is 21.9. The lowest BCUT2D eigenvalue weighted by atomic mass is 9.96. The number of nitrogens with zero attached hydrogens (tertiary/aromatic N) is 3. The van der Waals surface area contributed by atoms with Gasteiger partial charge in [0.15, 0.2) is 0 Å². The summed E-state index contributed by atoms with van der Waals surface area (Å²) in [5.41, 5.74) is 0.836. The summed E-state index contributed by atoms with van der Waals surface area (Å²) in [6.45, 7) is 2.96. The molecular formula is C23H25ClN4O2S. The lowest BCUT2D eigenvalue weighted by molar-refractivity contribution is -0.126. The SMILES string of the molecule is O=C(NCCSc1ccccc1)C1CCN(Cc2nc(-c3cccc(Cl)c3)no2)CC1. The van der Waals surface area contributed by atoms with Crippen molar-refractivity contribution in [2.45, 2.75) is 24.3 Å². The minimum atomic E-state index is 0.0719. The molecule has 1 aliphatic heterocycles. The summed E-state index contributed by atoms with van der Waals surface area (Å²) in [4.78, 5) is 20.4. The van der Waals surface area contributed by atoms with Crippen LogP contribution in [0.15, 0.2) is 64.0 Å². The molecule has 2 aromatic carbocycles. The molecule has 1 N–H and O–H groups in total. The maximum atomic E-state index is 12.5. The largest absolute Gasteiger partial charge is 0.355 e. The molecule has 31 heavy (non-hydrogen) atoms. The van der Waals surface area contributed by atoms with Crippen LogP contribution in [-0.4, -0.2) is 46.3 Å². The highest BCUT2D eigenvalue weighted by atomic mass is 35.5. The van der Waals surface area contributed by atoms with Crippen LogP contribution in [0.1, 0.15) is 18.7 Å². The molecule has 0 unspecified atom stereocenters. The molecule has 1 aliphatic rings. The number of amides is 1. The van der Waals surface area contributed by atoms with Crippen molar-refractivity contribution in [3.05, 3.63) is 65.5 Å². The molecule has 0 aliphatic carbocycles. The van der Waals surface area contributed by atoms with Crippen molar-refractivity contribution < 1.29 is 9.32 Å². The van der Waals surface area contributed by atoms with Gasteiger partial charge in [-0.25, -0.2) is 0 Å². The number of thioether (sulfide) groups is 1. The number of rotatable bonds is 8. The highest BCUT2D eigenvalue weighted by molar-refractivity contribution is 7.99. The van der Waals surface area contributed by atoms with Gasteiger partial charge in [0, 0.05) is 33.7 Å². The van der Waals surface area contributed by atoms with Gasteiger partial charge in [0.05, 0.1) is 6.54 Å². The highest BCUT2D eigenvalue weighted by Crippen LogP contribution is 2.22. The van der Waals surface area contributed by atoms with E-state index in [4.69, 9.17) is 16.1 Å². The van der Waals surface area contributed by atoms with Crippen LogP contribution in [0.2, 0.25) is 5.02 Å². The number of likely N-dealkylation sites (tertiary alicyclic amines) is 1. The Kier molecular flexibility index (Phi) is 7.61. The van der Waals surface area contributed by atoms with Crippen molar-refractivity contribution in [3.8, 4) is 11.4 Å². The number of hydrogen-bond acceptors (Lipinski definition) is 6. The third-order valence-electron chi connectivity index (χ3n) is 5.28. The molecule has 3 aromatic rings. The monoisotopic (exact) mass is 456 g/mol. The van der Waals surface area contributed by atoms with Gasteiger partial charge in [-0.3, -0.25) is 9.69 Å². The fourth-order valence-corrected chi connectivity index (χ4v) is 4.59. The van der Waals surface area contributed by atoms with Crippen molar-refractivity contribution in [2.24, 2.45) is 5.92 Å². The molecular weight excluding hydrogens is 432 g/mol. The number of aromatic nitrogens is 2. The second-order valence-electron chi connectivity index (χ2n) is 7.53. The van der Waals surface area contributed by atoms with Gasteiger partial charge in [-0.2, -0.15) is 4.98 Å². The fourth-order valence-electron chi connectivity index (χ4n) is 3.61. The maximum Gasteiger partial charge on any atom is 0.241 e. The molecule has 8 heteroatoms. The van der Waals surface area contributed by atoms with Crippen LogP contribution >= 0.6 is 23.4 Å². The van der Waals surface area contributed by atoms with E-state index in [1.54, 1.807) is 11.8 Å². The Morgan fingerprint density at radius 3 is 2.74 bits per heavy atom. The van der Waals surface area contributed by atoms with Crippen LogP contribution in [-0.2, 0) is 11.3 Å². The van der Waals surface area contributed by atoms with Crippen LogP contribution < -0.4 is 5.32 Å². The zero-order valence-corrected chi connectivity index (χ0v) is 18.7. The molecule has 0 radical (unpaired) electrons. The van der Waals surface area contributed by atoms with E-state index in [9.17, 15) is 4.79 Å². The van der Waals surface area contributed by atoms with Gasteiger partial charge >= 0.3 is 0 Å². The number of hydrogen-bond donors (Lipinski definition) is 1. The normalized spacial score (nSPS) is 15.1. The Labute approximate surface area is 191 Å². The first-order valence-corrected chi connectivity index (χ1v) is 11.8. The average Bonchev–Trinajstić information content (AvgIpc) is 3.26. The summed E-state index contributed by atoms with van der Waals surface area (Å²) < 4.78 is 5.41. The van der Waals surface area contributed by atoms with Crippen molar-refractivity contribution in [2.75, 3.05) is 25.4 Å². The van der Waals surface area contributed by atoms with E-state index >= 15 is 0 Å². The van der Waals surface area contributed by atoms with Crippen molar-refractivity contribution in [1.82, 2.24) is 20.4 Å². The zero-order valence-electron chi connectivity index (χ0n) is 17.2. The van der Waals surface area contributed by atoms with E-state index in [-0.39, 0.29) is 11.8 Å². The molecule has 2 heterocycles. The molecule has 1 amide bonds. The molecule has 0 spiro atoms. The summed E-state index contributed by atoms with van der Waals surface area (Å²) in [5, 5.41) is 7.79. The third kappa shape index (κ3) is 6.32. The molecule has 0 bridgehead atoms. The lowest BCUT2D eigenvalue weighted by Gasteiger charge is -2.30. The summed E-state index contributed by atoms with van der Waals surface area (Å²) in [7, 11) is 0. The van der Waals surface area contributed by atoms with Gasteiger partial charge in [-0.15, -0.1) is 11.8 Å². The number of benzene rings is 2. The average molecular weight is 457 g/mol. The maximum absolute atomic E-state index is 12.5. The smallest absolute Gasteiger partial charge is 0.241 e. The molecule has 162 valence electrons. The second-order valence-corrected chi connectivity index (χ2v) is 9.13. The van der Waals surface area contributed by atoms with Crippen molar-refractivity contribution >= 4 is 29.3 Å². The quantitative estimate of drug-likeness (QED) is 0.397. The van der Waals surface area contributed by atoms with Crippen LogP contribution in [0.3, 0.4) is 0 Å². The van der Waals surface area contributed by atoms with E-state index in [2.05, 4.69) is 32.5 Å². The van der Waals surface area contributed by atoms with E-state index < -0.39 is 0 Å². The van der Waals surface area contributed by atoms with Gasteiger partial charge in [0.2, 0.25) is 17.6 Å². The standard InChI is InChI=1S/C23H25ClN4O2S/c24-19-6-4-5-18(15-19)22-26-21(30-27-22)16-28-12-9-17(10-13-28)23(29)25-11-14-31-20-7-2-1-3-8-20/h1-8,15,17H,9-14,16H2,(H,25,29). The number of piperidine rings is 1. The third-order valence-corrected chi connectivity index (χ3v) is 6.53. The topological polar surface area (TPSA) is 71.3 Å². The molecule has 0 saturated carbocycles. The Hall–Kier alpha value is -2.35. The summed E-state index contributed by atoms with van der Waals surface area (Å²) in [6, 6.07) is 17.6. The van der Waals surface area contributed by atoms with Gasteiger partial charge < -0.3 is 9.84 Å². The number of carbonyl (C=O) groups excluding carboxylic acids is 1. The van der Waals surface area contributed by atoms with E-state index in [1.807, 2.05) is 42.5 Å². The Balaban J connectivity index is 1.18. The molecule has 1 fully saturated rings. The fraction of sp³-hybridized carbons (Fsp3) is 0.348. The lowest BCUT2D eigenvalue weighted by Crippen LogP contribution is -2.40. The van der Waals surface area contributed by atoms with E-state index in [1.165, 1.54) is 4.90 Å². The van der Waals surface area contributed by atoms with Crippen molar-refractivity contribution in [3.63, 3.8) is 0 Å². The van der Waals surface area contributed by atoms with Crippen LogP contribution in [0.25, 0.3) is 11.4 Å². The molecule has 1 saturated heterocycles. The predicted molar refractivity (Wildman–Crippen MR) is 123 cm³/mol. The predicted octanol–water partition coefficient (Wildman–Crippen LogP) is 4.51. The highest BCUT2D eigenvalue weighted by Gasteiger charge is 2.25. The number of carbonyl (C=O) groups is 1. The van der Waals surface area contributed by atoms with Crippen LogP contribution in [0, 0.1) is 5.92 Å². The Morgan fingerprint density at radius 2 is 1.97 bits per heavy atom. The first-order chi connectivity index (χ1) is 15.2. The Morgan fingerprint density at radius 1 is 1.16 bits per heavy atom. The van der Waals surface area contributed by atoms with Gasteiger partial charge in [0.25, 0.3) is 0 Å². The minimum absolute atomic E-state index is 0.0719. The van der Waals surface area contributed by atoms with Crippen molar-refractivity contribution in [1.29, 1.82) is 0 Å². The number of halogens is 1. The molecule has 4 rings (SSSR count). The molecule has 0 atom stereocenters. The minimum Gasteiger partial charge on any atom is -0.355 e. The van der Waals surface area contributed by atoms with E-state index in [0.717, 1.165) is 37.2 Å². The summed E-state index contributed by atoms with van der Waals surface area (Å²) >= 11 is 7.79. The molecule has 6 nitrogen and oxygen atoms in total. The summed E-state index contributed by atoms with van der Waals surface area (Å²) in [5.74, 6) is 2.23. The molecule has 1 aromatic heterocycles. The van der Waals surface area contributed by atoms with Gasteiger partial charge in [-0.1, -0.05) is 47.1 Å². The zero-order chi connectivity index (χ0) is 21.5. The second kappa shape index (κ2) is 10.8. The van der Waals surface area contributed by atoms with Crippen LogP contribution in [0.5, 0.6) is 0 Å². The van der Waals surface area contributed by atoms with E-state index in [0.29, 0.717) is 29.8 Å². The number of nitrogens with one attached hydrogen (secondary N) is 1. The van der Waals surface area contributed by atoms with Gasteiger partial charge in [-0.05, 0) is 50.2 Å². The first-order valence-electron chi connectivity index (χ1n) is 10.4. The van der Waals surface area contributed by atoms with Gasteiger partial charge in [0.1, 0.15) is 0 Å².